The van der Waals surface area contributed by atoms with Gasteiger partial charge in [0.1, 0.15) is 17.6 Å². The quantitative estimate of drug-likeness (QED) is 0.898. The minimum Gasteiger partial charge on any atom is -0.367 e. The number of aromatic amines is 1. The largest absolute Gasteiger partial charge is 0.367 e. The lowest BCUT2D eigenvalue weighted by molar-refractivity contribution is -0.0271. The molecular weight excluding hydrogens is 310 g/mol. The summed E-state index contributed by atoms with van der Waals surface area (Å²) in [6.07, 6.45) is 2.34. The topological polar surface area (TPSA) is 93.1 Å². The number of H-pyrrole nitrogens is 1. The number of amides is 1. The Kier molecular flexibility index (Phi) is 4.75. The second kappa shape index (κ2) is 6.96. The second-order valence-electron chi connectivity index (χ2n) is 5.85. The van der Waals surface area contributed by atoms with Crippen LogP contribution in [0.5, 0.6) is 0 Å². The molecule has 0 spiro atoms. The molecule has 0 aliphatic carbocycles. The van der Waals surface area contributed by atoms with E-state index in [2.05, 4.69) is 22.0 Å². The summed E-state index contributed by atoms with van der Waals surface area (Å²) in [6.45, 7) is 5.82. The van der Waals surface area contributed by atoms with Crippen LogP contribution in [0.4, 0.5) is 0 Å². The van der Waals surface area contributed by atoms with Crippen molar-refractivity contribution in [1.82, 2.24) is 24.6 Å². The van der Waals surface area contributed by atoms with Gasteiger partial charge in [-0.15, -0.1) is 0 Å². The molecule has 8 nitrogen and oxygen atoms in total. The van der Waals surface area contributed by atoms with Gasteiger partial charge in [0.25, 0.3) is 11.5 Å². The molecule has 1 aliphatic heterocycles. The molecule has 1 amide bonds. The second-order valence-corrected chi connectivity index (χ2v) is 5.85. The Balaban J connectivity index is 1.74. The number of hydrogen-bond acceptors (Lipinski definition) is 5. The van der Waals surface area contributed by atoms with Gasteiger partial charge >= 0.3 is 0 Å². The van der Waals surface area contributed by atoms with Crippen molar-refractivity contribution in [2.75, 3.05) is 19.7 Å². The van der Waals surface area contributed by atoms with E-state index in [1.807, 2.05) is 6.20 Å². The lowest BCUT2D eigenvalue weighted by Gasteiger charge is -2.32. The smallest absolute Gasteiger partial charge is 0.274 e. The van der Waals surface area contributed by atoms with Crippen LogP contribution in [0.25, 0.3) is 0 Å². The molecule has 0 aromatic carbocycles. The van der Waals surface area contributed by atoms with Crippen molar-refractivity contribution in [3.8, 4) is 0 Å². The average molecular weight is 331 g/mol. The first-order valence-corrected chi connectivity index (χ1v) is 8.09. The maximum Gasteiger partial charge on any atom is 0.274 e. The molecule has 1 N–H and O–H groups in total. The number of aromatic nitrogens is 4. The lowest BCUT2D eigenvalue weighted by Crippen LogP contribution is -2.43. The SMILES string of the molecule is CCCn1ccc(C(=O)N2CCO[C@@H](c3nc(C)cc(=O)[nH]3)C2)n1. The third-order valence-corrected chi connectivity index (χ3v) is 3.86. The van der Waals surface area contributed by atoms with E-state index >= 15 is 0 Å². The fourth-order valence-electron chi connectivity index (χ4n) is 2.75. The van der Waals surface area contributed by atoms with Gasteiger partial charge < -0.3 is 14.6 Å². The van der Waals surface area contributed by atoms with Gasteiger partial charge in [0.2, 0.25) is 0 Å². The third kappa shape index (κ3) is 3.53. The van der Waals surface area contributed by atoms with Gasteiger partial charge in [-0.3, -0.25) is 14.3 Å². The minimum atomic E-state index is -0.437. The summed E-state index contributed by atoms with van der Waals surface area (Å²) in [7, 11) is 0. The van der Waals surface area contributed by atoms with E-state index in [9.17, 15) is 9.59 Å². The zero-order valence-corrected chi connectivity index (χ0v) is 13.9. The van der Waals surface area contributed by atoms with Crippen LogP contribution in [0.15, 0.2) is 23.1 Å². The first-order chi connectivity index (χ1) is 11.6. The number of rotatable bonds is 4. The van der Waals surface area contributed by atoms with E-state index in [-0.39, 0.29) is 11.5 Å². The fraction of sp³-hybridized carbons (Fsp3) is 0.500. The fourth-order valence-corrected chi connectivity index (χ4v) is 2.75. The molecule has 1 atom stereocenters. The molecule has 2 aromatic rings. The average Bonchev–Trinajstić information content (AvgIpc) is 3.02. The number of morpholine rings is 1. The van der Waals surface area contributed by atoms with Gasteiger partial charge in [-0.05, 0) is 19.4 Å². The van der Waals surface area contributed by atoms with E-state index in [1.54, 1.807) is 22.6 Å². The molecule has 3 heterocycles. The highest BCUT2D eigenvalue weighted by atomic mass is 16.5. The van der Waals surface area contributed by atoms with Crippen molar-refractivity contribution in [2.24, 2.45) is 0 Å². The molecule has 24 heavy (non-hydrogen) atoms. The summed E-state index contributed by atoms with van der Waals surface area (Å²) in [6, 6.07) is 3.16. The summed E-state index contributed by atoms with van der Waals surface area (Å²) in [4.78, 5) is 32.9. The molecule has 3 rings (SSSR count). The molecule has 0 radical (unpaired) electrons. The normalized spacial score (nSPS) is 17.9. The van der Waals surface area contributed by atoms with E-state index < -0.39 is 6.10 Å². The first-order valence-electron chi connectivity index (χ1n) is 8.09. The lowest BCUT2D eigenvalue weighted by atomic mass is 10.2. The summed E-state index contributed by atoms with van der Waals surface area (Å²) in [5, 5.41) is 4.31. The first kappa shape index (κ1) is 16.4. The van der Waals surface area contributed by atoms with Crippen molar-refractivity contribution < 1.29 is 9.53 Å². The number of ether oxygens (including phenoxy) is 1. The predicted molar refractivity (Wildman–Crippen MR) is 86.7 cm³/mol. The van der Waals surface area contributed by atoms with E-state index in [0.717, 1.165) is 13.0 Å². The Labute approximate surface area is 139 Å². The van der Waals surface area contributed by atoms with Crippen molar-refractivity contribution in [1.29, 1.82) is 0 Å². The van der Waals surface area contributed by atoms with Crippen LogP contribution in [0, 0.1) is 6.92 Å². The van der Waals surface area contributed by atoms with Crippen LogP contribution in [-0.2, 0) is 11.3 Å². The summed E-state index contributed by atoms with van der Waals surface area (Å²) in [5.74, 6) is 0.321. The van der Waals surface area contributed by atoms with Gasteiger partial charge in [0.05, 0.1) is 13.2 Å². The summed E-state index contributed by atoms with van der Waals surface area (Å²) in [5.41, 5.74) is 0.830. The van der Waals surface area contributed by atoms with E-state index in [4.69, 9.17) is 4.74 Å². The molecule has 0 saturated carbocycles. The highest BCUT2D eigenvalue weighted by Crippen LogP contribution is 2.19. The molecular formula is C16H21N5O3. The van der Waals surface area contributed by atoms with Crippen molar-refractivity contribution in [3.05, 3.63) is 45.9 Å². The Bertz CT molecular complexity index is 782. The van der Waals surface area contributed by atoms with Gasteiger partial charge in [-0.1, -0.05) is 6.92 Å². The van der Waals surface area contributed by atoms with Crippen molar-refractivity contribution >= 4 is 5.91 Å². The zero-order valence-electron chi connectivity index (χ0n) is 13.9. The van der Waals surface area contributed by atoms with Crippen LogP contribution in [-0.4, -0.2) is 50.3 Å². The number of carbonyl (C=O) groups excluding carboxylic acids is 1. The summed E-state index contributed by atoms with van der Waals surface area (Å²) < 4.78 is 7.45. The molecule has 1 fully saturated rings. The molecule has 0 unspecified atom stereocenters. The number of hydrogen-bond donors (Lipinski definition) is 1. The van der Waals surface area contributed by atoms with Crippen LogP contribution in [0.1, 0.15) is 41.5 Å². The van der Waals surface area contributed by atoms with Gasteiger partial charge in [0.15, 0.2) is 0 Å². The standard InChI is InChI=1S/C16H21N5O3/c1-3-5-21-6-4-12(19-21)16(23)20-7-8-24-13(10-20)15-17-11(2)9-14(22)18-15/h4,6,9,13H,3,5,7-8,10H2,1-2H3,(H,17,18,22)/t13-/m1/s1. The predicted octanol–water partition coefficient (Wildman–Crippen LogP) is 0.899. The zero-order chi connectivity index (χ0) is 17.1. The van der Waals surface area contributed by atoms with Gasteiger partial charge in [-0.2, -0.15) is 5.10 Å². The van der Waals surface area contributed by atoms with E-state index in [0.29, 0.717) is 36.9 Å². The molecule has 128 valence electrons. The molecule has 1 saturated heterocycles. The van der Waals surface area contributed by atoms with Crippen LogP contribution in [0.3, 0.4) is 0 Å². The molecule has 0 bridgehead atoms. The third-order valence-electron chi connectivity index (χ3n) is 3.86. The maximum absolute atomic E-state index is 12.6. The number of nitrogens with zero attached hydrogens (tertiary/aromatic N) is 4. The maximum atomic E-state index is 12.6. The van der Waals surface area contributed by atoms with Crippen molar-refractivity contribution in [3.63, 3.8) is 0 Å². The van der Waals surface area contributed by atoms with Gasteiger partial charge in [-0.25, -0.2) is 4.98 Å². The highest BCUT2D eigenvalue weighted by Gasteiger charge is 2.28. The number of aryl methyl sites for hydroxylation is 2. The van der Waals surface area contributed by atoms with E-state index in [1.165, 1.54) is 6.07 Å². The number of carbonyl (C=O) groups is 1. The summed E-state index contributed by atoms with van der Waals surface area (Å²) >= 11 is 0. The van der Waals surface area contributed by atoms with Crippen LogP contribution >= 0.6 is 0 Å². The Morgan fingerprint density at radius 1 is 1.50 bits per heavy atom. The van der Waals surface area contributed by atoms with Crippen LogP contribution in [0.2, 0.25) is 0 Å². The van der Waals surface area contributed by atoms with Crippen LogP contribution < -0.4 is 5.56 Å². The molecule has 8 heteroatoms. The monoisotopic (exact) mass is 331 g/mol. The van der Waals surface area contributed by atoms with Crippen molar-refractivity contribution in [2.45, 2.75) is 32.9 Å². The Morgan fingerprint density at radius 2 is 2.33 bits per heavy atom. The highest BCUT2D eigenvalue weighted by molar-refractivity contribution is 5.92. The molecule has 2 aromatic heterocycles. The minimum absolute atomic E-state index is 0.131. The molecule has 1 aliphatic rings. The Morgan fingerprint density at radius 3 is 3.08 bits per heavy atom. The van der Waals surface area contributed by atoms with Gasteiger partial charge in [0, 0.05) is 31.0 Å². The number of nitrogens with one attached hydrogen (secondary N) is 1. The Hall–Kier alpha value is -2.48.